The molecular weight excluding hydrogens is 438 g/mol. The van der Waals surface area contributed by atoms with Crippen LogP contribution in [-0.4, -0.2) is 45.4 Å². The van der Waals surface area contributed by atoms with Crippen molar-refractivity contribution in [1.29, 1.82) is 0 Å². The van der Waals surface area contributed by atoms with Crippen LogP contribution in [0.5, 0.6) is 11.6 Å². The van der Waals surface area contributed by atoms with Gasteiger partial charge in [-0.25, -0.2) is 9.97 Å². The van der Waals surface area contributed by atoms with Gasteiger partial charge in [-0.1, -0.05) is 29.3 Å². The topological polar surface area (TPSA) is 71.5 Å². The maximum Gasteiger partial charge on any atom is 0.257 e. The Balaban J connectivity index is 1.49. The summed E-state index contributed by atoms with van der Waals surface area (Å²) in [6.07, 6.45) is 5.73. The van der Waals surface area contributed by atoms with Crippen molar-refractivity contribution in [3.63, 3.8) is 0 Å². The molecule has 1 amide bonds. The van der Waals surface area contributed by atoms with Crippen LogP contribution in [0.1, 0.15) is 46.4 Å². The molecule has 0 atom stereocenters. The number of benzene rings is 1. The molecule has 4 heterocycles. The van der Waals surface area contributed by atoms with Crippen molar-refractivity contribution < 1.29 is 9.53 Å². The minimum atomic E-state index is -0.153. The second-order valence-corrected chi connectivity index (χ2v) is 8.89. The van der Waals surface area contributed by atoms with Crippen molar-refractivity contribution in [3.05, 3.63) is 70.1 Å². The molecule has 7 nitrogen and oxygen atoms in total. The van der Waals surface area contributed by atoms with Crippen molar-refractivity contribution in [1.82, 2.24) is 19.9 Å². The number of pyridine rings is 1. The Labute approximate surface area is 198 Å². The number of halogens is 1. The first-order chi connectivity index (χ1) is 16.1. The van der Waals surface area contributed by atoms with Gasteiger partial charge >= 0.3 is 0 Å². The van der Waals surface area contributed by atoms with E-state index in [2.05, 4.69) is 9.88 Å². The number of aryl methyl sites for hydroxylation is 1. The minimum Gasteiger partial charge on any atom is -0.438 e. The van der Waals surface area contributed by atoms with Crippen molar-refractivity contribution in [2.24, 2.45) is 0 Å². The normalized spacial score (nSPS) is 15.8. The molecule has 0 bridgehead atoms. The third kappa shape index (κ3) is 4.64. The van der Waals surface area contributed by atoms with Crippen LogP contribution in [0, 0.1) is 6.92 Å². The van der Waals surface area contributed by atoms with E-state index in [-0.39, 0.29) is 11.1 Å². The fourth-order valence-corrected chi connectivity index (χ4v) is 4.50. The van der Waals surface area contributed by atoms with E-state index in [1.54, 1.807) is 23.2 Å². The van der Waals surface area contributed by atoms with Crippen LogP contribution in [0.3, 0.4) is 0 Å². The number of rotatable bonds is 4. The average molecular weight is 464 g/mol. The van der Waals surface area contributed by atoms with Crippen LogP contribution in [0.25, 0.3) is 0 Å². The van der Waals surface area contributed by atoms with Gasteiger partial charge in [-0.15, -0.1) is 0 Å². The second-order valence-electron chi connectivity index (χ2n) is 8.54. The van der Waals surface area contributed by atoms with Crippen LogP contribution in [0.2, 0.25) is 5.15 Å². The van der Waals surface area contributed by atoms with Gasteiger partial charge in [-0.3, -0.25) is 4.79 Å². The molecule has 0 N–H and O–H groups in total. The lowest BCUT2D eigenvalue weighted by molar-refractivity contribution is 0.0731. The van der Waals surface area contributed by atoms with Gasteiger partial charge in [-0.2, -0.15) is 4.98 Å². The lowest BCUT2D eigenvalue weighted by Gasteiger charge is -2.32. The first-order valence-corrected chi connectivity index (χ1v) is 11.8. The second kappa shape index (κ2) is 9.35. The summed E-state index contributed by atoms with van der Waals surface area (Å²) in [6, 6.07) is 11.3. The number of fused-ring (bicyclic) bond motifs is 1. The van der Waals surface area contributed by atoms with Crippen molar-refractivity contribution in [3.8, 4) is 11.6 Å². The predicted octanol–water partition coefficient (Wildman–Crippen LogP) is 4.81. The van der Waals surface area contributed by atoms with Gasteiger partial charge in [0.25, 0.3) is 5.91 Å². The van der Waals surface area contributed by atoms with Crippen molar-refractivity contribution >= 4 is 23.5 Å². The lowest BCUT2D eigenvalue weighted by Crippen LogP contribution is -2.38. The fourth-order valence-electron chi connectivity index (χ4n) is 4.30. The van der Waals surface area contributed by atoms with Gasteiger partial charge in [0.05, 0.1) is 23.4 Å². The zero-order chi connectivity index (χ0) is 22.8. The summed E-state index contributed by atoms with van der Waals surface area (Å²) in [6.45, 7) is 4.86. The quantitative estimate of drug-likeness (QED) is 0.517. The van der Waals surface area contributed by atoms with E-state index in [1.807, 2.05) is 31.2 Å². The van der Waals surface area contributed by atoms with E-state index in [1.165, 1.54) is 6.42 Å². The lowest BCUT2D eigenvalue weighted by atomic mass is 10.1. The molecule has 1 saturated heterocycles. The SMILES string of the molecule is Cc1ccc(Oc2nc(N3CCCCC3)nc3c2CN(C(=O)c2cccnc2Cl)CC3)cc1. The van der Waals surface area contributed by atoms with Gasteiger partial charge in [0.1, 0.15) is 10.9 Å². The van der Waals surface area contributed by atoms with E-state index in [0.29, 0.717) is 42.7 Å². The molecule has 2 aliphatic heterocycles. The summed E-state index contributed by atoms with van der Waals surface area (Å²) < 4.78 is 6.27. The molecule has 0 spiro atoms. The molecule has 170 valence electrons. The Morgan fingerprint density at radius 1 is 1.03 bits per heavy atom. The number of aromatic nitrogens is 3. The number of hydrogen-bond acceptors (Lipinski definition) is 6. The number of anilines is 1. The average Bonchev–Trinajstić information content (AvgIpc) is 2.85. The van der Waals surface area contributed by atoms with Crippen LogP contribution in [-0.2, 0) is 13.0 Å². The molecule has 33 heavy (non-hydrogen) atoms. The van der Waals surface area contributed by atoms with Gasteiger partial charge < -0.3 is 14.5 Å². The monoisotopic (exact) mass is 463 g/mol. The number of carbonyl (C=O) groups excluding carboxylic acids is 1. The summed E-state index contributed by atoms with van der Waals surface area (Å²) in [4.78, 5) is 30.9. The number of piperidine rings is 1. The molecule has 0 unspecified atom stereocenters. The Hall–Kier alpha value is -3.19. The van der Waals surface area contributed by atoms with E-state index in [4.69, 9.17) is 26.3 Å². The standard InChI is InChI=1S/C25H26ClN5O2/c1-17-7-9-18(10-8-17)33-23-20-16-31(24(32)19-6-5-12-27-22(19)26)15-11-21(20)28-25(29-23)30-13-3-2-4-14-30/h5-10,12H,2-4,11,13-16H2,1H3. The van der Waals surface area contributed by atoms with Crippen molar-refractivity contribution in [2.75, 3.05) is 24.5 Å². The maximum atomic E-state index is 13.2. The van der Waals surface area contributed by atoms with E-state index in [0.717, 1.165) is 42.8 Å². The third-order valence-corrected chi connectivity index (χ3v) is 6.46. The van der Waals surface area contributed by atoms with E-state index >= 15 is 0 Å². The Morgan fingerprint density at radius 2 is 1.82 bits per heavy atom. The minimum absolute atomic E-state index is 0.153. The van der Waals surface area contributed by atoms with E-state index in [9.17, 15) is 4.79 Å². The molecule has 0 saturated carbocycles. The Morgan fingerprint density at radius 3 is 2.58 bits per heavy atom. The van der Waals surface area contributed by atoms with Gasteiger partial charge in [0, 0.05) is 32.3 Å². The number of hydrogen-bond donors (Lipinski definition) is 0. The highest BCUT2D eigenvalue weighted by molar-refractivity contribution is 6.32. The highest BCUT2D eigenvalue weighted by Gasteiger charge is 2.29. The highest BCUT2D eigenvalue weighted by atomic mass is 35.5. The van der Waals surface area contributed by atoms with Gasteiger partial charge in [0.2, 0.25) is 11.8 Å². The summed E-state index contributed by atoms with van der Waals surface area (Å²) >= 11 is 6.18. The van der Waals surface area contributed by atoms with Gasteiger partial charge in [0.15, 0.2) is 0 Å². The maximum absolute atomic E-state index is 13.2. The molecule has 1 fully saturated rings. The summed E-state index contributed by atoms with van der Waals surface area (Å²) in [5.41, 5.74) is 3.34. The summed E-state index contributed by atoms with van der Waals surface area (Å²) in [5, 5.41) is 0.209. The molecule has 0 aliphatic carbocycles. The molecular formula is C25H26ClN5O2. The first kappa shape index (κ1) is 21.6. The molecule has 1 aromatic carbocycles. The molecule has 3 aromatic rings. The number of ether oxygens (including phenoxy) is 1. The number of amides is 1. The Kier molecular flexibility index (Phi) is 6.13. The number of nitrogens with zero attached hydrogens (tertiary/aromatic N) is 5. The summed E-state index contributed by atoms with van der Waals surface area (Å²) in [5.74, 6) is 1.79. The molecule has 0 radical (unpaired) electrons. The van der Waals surface area contributed by atoms with E-state index < -0.39 is 0 Å². The fraction of sp³-hybridized carbons (Fsp3) is 0.360. The van der Waals surface area contributed by atoms with Crippen LogP contribution in [0.4, 0.5) is 5.95 Å². The smallest absolute Gasteiger partial charge is 0.257 e. The number of carbonyl (C=O) groups is 1. The van der Waals surface area contributed by atoms with Crippen molar-refractivity contribution in [2.45, 2.75) is 39.2 Å². The molecule has 5 rings (SSSR count). The van der Waals surface area contributed by atoms with Crippen LogP contribution < -0.4 is 9.64 Å². The van der Waals surface area contributed by atoms with Crippen LogP contribution >= 0.6 is 11.6 Å². The molecule has 2 aliphatic rings. The zero-order valence-corrected chi connectivity index (χ0v) is 19.4. The first-order valence-electron chi connectivity index (χ1n) is 11.4. The largest absolute Gasteiger partial charge is 0.438 e. The third-order valence-electron chi connectivity index (χ3n) is 6.16. The van der Waals surface area contributed by atoms with Gasteiger partial charge in [-0.05, 0) is 50.5 Å². The highest BCUT2D eigenvalue weighted by Crippen LogP contribution is 2.33. The summed E-state index contributed by atoms with van der Waals surface area (Å²) in [7, 11) is 0. The predicted molar refractivity (Wildman–Crippen MR) is 127 cm³/mol. The zero-order valence-electron chi connectivity index (χ0n) is 18.6. The molecule has 2 aromatic heterocycles. The Bertz CT molecular complexity index is 1160. The molecule has 8 heteroatoms. The van der Waals surface area contributed by atoms with Crippen LogP contribution in [0.15, 0.2) is 42.6 Å².